The van der Waals surface area contributed by atoms with Crippen LogP contribution in [0.5, 0.6) is 0 Å². The van der Waals surface area contributed by atoms with E-state index in [9.17, 15) is 9.59 Å². The van der Waals surface area contributed by atoms with E-state index >= 15 is 0 Å². The van der Waals surface area contributed by atoms with E-state index in [-0.39, 0.29) is 23.8 Å². The van der Waals surface area contributed by atoms with E-state index in [0.29, 0.717) is 17.9 Å². The molecular formula is C16H19N3O2S. The Morgan fingerprint density at radius 3 is 2.64 bits per heavy atom. The molecule has 6 heteroatoms. The number of carbonyl (C=O) groups excluding carboxylic acids is 2. The lowest BCUT2D eigenvalue weighted by Crippen LogP contribution is -2.49. The van der Waals surface area contributed by atoms with Gasteiger partial charge in [0.15, 0.2) is 0 Å². The molecule has 1 saturated heterocycles. The van der Waals surface area contributed by atoms with Crippen LogP contribution in [0.1, 0.15) is 25.3 Å². The molecule has 2 unspecified atom stereocenters. The van der Waals surface area contributed by atoms with Crippen molar-refractivity contribution in [3.05, 3.63) is 29.8 Å². The molecule has 2 rings (SSSR count). The van der Waals surface area contributed by atoms with Gasteiger partial charge in [0.25, 0.3) is 0 Å². The number of nitriles is 1. The van der Waals surface area contributed by atoms with Gasteiger partial charge < -0.3 is 10.6 Å². The number of hydrogen-bond donors (Lipinski definition) is 1. The summed E-state index contributed by atoms with van der Waals surface area (Å²) in [7, 11) is 0. The van der Waals surface area contributed by atoms with Gasteiger partial charge >= 0.3 is 0 Å². The quantitative estimate of drug-likeness (QED) is 0.857. The smallest absolute Gasteiger partial charge is 0.233 e. The molecule has 1 aromatic carbocycles. The lowest BCUT2D eigenvalue weighted by atomic mass is 9.93. The Morgan fingerprint density at radius 1 is 1.36 bits per heavy atom. The standard InChI is InChI=1S/C16H19N3O2S/c1-11-2-5-13(16(18)21)9-19(11)15(20)10-22-14-6-3-12(8-17)4-7-14/h3-4,6-7,11,13H,2,5,9-10H2,1H3,(H2,18,21). The van der Waals surface area contributed by atoms with E-state index < -0.39 is 0 Å². The zero-order valence-corrected chi connectivity index (χ0v) is 13.3. The zero-order chi connectivity index (χ0) is 16.1. The Labute approximate surface area is 134 Å². The molecule has 1 heterocycles. The van der Waals surface area contributed by atoms with Crippen LogP contribution in [0.4, 0.5) is 0 Å². The molecule has 0 aromatic heterocycles. The molecule has 116 valence electrons. The van der Waals surface area contributed by atoms with Crippen LogP contribution >= 0.6 is 11.8 Å². The Kier molecular flexibility index (Phi) is 5.45. The lowest BCUT2D eigenvalue weighted by molar-refractivity contribution is -0.135. The van der Waals surface area contributed by atoms with Crippen molar-refractivity contribution in [3.63, 3.8) is 0 Å². The highest BCUT2D eigenvalue weighted by Crippen LogP contribution is 2.24. The van der Waals surface area contributed by atoms with Crippen molar-refractivity contribution in [3.8, 4) is 6.07 Å². The highest BCUT2D eigenvalue weighted by Gasteiger charge is 2.31. The first-order chi connectivity index (χ1) is 10.5. The van der Waals surface area contributed by atoms with Gasteiger partial charge in [0.2, 0.25) is 11.8 Å². The summed E-state index contributed by atoms with van der Waals surface area (Å²) in [6.45, 7) is 2.42. The number of primary amides is 1. The van der Waals surface area contributed by atoms with Crippen LogP contribution in [0.25, 0.3) is 0 Å². The monoisotopic (exact) mass is 317 g/mol. The molecule has 0 spiro atoms. The fourth-order valence-electron chi connectivity index (χ4n) is 2.54. The summed E-state index contributed by atoms with van der Waals surface area (Å²) in [6, 6.07) is 9.35. The Hall–Kier alpha value is -2.00. The first-order valence-corrected chi connectivity index (χ1v) is 8.21. The minimum atomic E-state index is -0.329. The fourth-order valence-corrected chi connectivity index (χ4v) is 3.32. The Morgan fingerprint density at radius 2 is 2.05 bits per heavy atom. The van der Waals surface area contributed by atoms with Gasteiger partial charge in [0.1, 0.15) is 0 Å². The van der Waals surface area contributed by atoms with Gasteiger partial charge in [0, 0.05) is 17.5 Å². The van der Waals surface area contributed by atoms with E-state index in [1.165, 1.54) is 11.8 Å². The van der Waals surface area contributed by atoms with Crippen LogP contribution in [0, 0.1) is 17.2 Å². The maximum Gasteiger partial charge on any atom is 0.233 e. The molecule has 5 nitrogen and oxygen atoms in total. The van der Waals surface area contributed by atoms with Gasteiger partial charge in [0.05, 0.1) is 23.3 Å². The maximum atomic E-state index is 12.4. The third-order valence-electron chi connectivity index (χ3n) is 3.95. The van der Waals surface area contributed by atoms with E-state index in [0.717, 1.165) is 17.7 Å². The largest absolute Gasteiger partial charge is 0.369 e. The van der Waals surface area contributed by atoms with E-state index in [4.69, 9.17) is 11.0 Å². The molecular weight excluding hydrogens is 298 g/mol. The summed E-state index contributed by atoms with van der Waals surface area (Å²) < 4.78 is 0. The molecule has 1 fully saturated rings. The van der Waals surface area contributed by atoms with Crippen molar-refractivity contribution < 1.29 is 9.59 Å². The number of piperidine rings is 1. The number of nitrogens with zero attached hydrogens (tertiary/aromatic N) is 2. The number of rotatable bonds is 4. The number of thioether (sulfide) groups is 1. The molecule has 2 atom stereocenters. The number of benzene rings is 1. The summed E-state index contributed by atoms with van der Waals surface area (Å²) in [4.78, 5) is 26.4. The zero-order valence-electron chi connectivity index (χ0n) is 12.5. The summed E-state index contributed by atoms with van der Waals surface area (Å²) in [6.07, 6.45) is 1.56. The first kappa shape index (κ1) is 16.4. The van der Waals surface area contributed by atoms with Gasteiger partial charge in [-0.25, -0.2) is 0 Å². The van der Waals surface area contributed by atoms with Crippen molar-refractivity contribution >= 4 is 23.6 Å². The van der Waals surface area contributed by atoms with Gasteiger partial charge in [-0.3, -0.25) is 9.59 Å². The highest BCUT2D eigenvalue weighted by molar-refractivity contribution is 8.00. The molecule has 22 heavy (non-hydrogen) atoms. The van der Waals surface area contributed by atoms with Crippen LogP contribution in [0.2, 0.25) is 0 Å². The minimum Gasteiger partial charge on any atom is -0.369 e. The molecule has 1 aliphatic heterocycles. The van der Waals surface area contributed by atoms with Gasteiger partial charge in [-0.2, -0.15) is 5.26 Å². The topological polar surface area (TPSA) is 87.2 Å². The second-order valence-electron chi connectivity index (χ2n) is 5.50. The summed E-state index contributed by atoms with van der Waals surface area (Å²) in [5.41, 5.74) is 5.96. The first-order valence-electron chi connectivity index (χ1n) is 7.23. The highest BCUT2D eigenvalue weighted by atomic mass is 32.2. The number of carbonyl (C=O) groups is 2. The molecule has 0 bridgehead atoms. The molecule has 0 aliphatic carbocycles. The van der Waals surface area contributed by atoms with Crippen molar-refractivity contribution in [1.29, 1.82) is 5.26 Å². The van der Waals surface area contributed by atoms with Gasteiger partial charge in [-0.15, -0.1) is 11.8 Å². The third kappa shape index (κ3) is 4.01. The molecule has 1 aromatic rings. The Bertz CT molecular complexity index is 594. The molecule has 2 N–H and O–H groups in total. The van der Waals surface area contributed by atoms with Crippen LogP contribution in [-0.2, 0) is 9.59 Å². The van der Waals surface area contributed by atoms with Crippen molar-refractivity contribution in [2.24, 2.45) is 11.7 Å². The van der Waals surface area contributed by atoms with Crippen molar-refractivity contribution in [2.75, 3.05) is 12.3 Å². The third-order valence-corrected chi connectivity index (χ3v) is 4.95. The number of nitrogens with two attached hydrogens (primary N) is 1. The van der Waals surface area contributed by atoms with Gasteiger partial charge in [-0.05, 0) is 44.0 Å². The molecule has 0 saturated carbocycles. The average Bonchev–Trinajstić information content (AvgIpc) is 2.53. The van der Waals surface area contributed by atoms with E-state index in [1.807, 2.05) is 19.1 Å². The second kappa shape index (κ2) is 7.32. The van der Waals surface area contributed by atoms with Crippen molar-refractivity contribution in [2.45, 2.75) is 30.7 Å². The van der Waals surface area contributed by atoms with Crippen LogP contribution < -0.4 is 5.73 Å². The summed E-state index contributed by atoms with van der Waals surface area (Å²) in [5, 5.41) is 8.76. The maximum absolute atomic E-state index is 12.4. The summed E-state index contributed by atoms with van der Waals surface area (Å²) in [5.74, 6) is -0.223. The summed E-state index contributed by atoms with van der Waals surface area (Å²) >= 11 is 1.44. The fraction of sp³-hybridized carbons (Fsp3) is 0.438. The van der Waals surface area contributed by atoms with Crippen LogP contribution in [-0.4, -0.2) is 35.1 Å². The van der Waals surface area contributed by atoms with Gasteiger partial charge in [-0.1, -0.05) is 0 Å². The SMILES string of the molecule is CC1CCC(C(N)=O)CN1C(=O)CSc1ccc(C#N)cc1. The average molecular weight is 317 g/mol. The normalized spacial score (nSPS) is 21.2. The van der Waals surface area contributed by atoms with Crippen LogP contribution in [0.3, 0.4) is 0 Å². The van der Waals surface area contributed by atoms with Crippen LogP contribution in [0.15, 0.2) is 29.2 Å². The lowest BCUT2D eigenvalue weighted by Gasteiger charge is -2.36. The van der Waals surface area contributed by atoms with E-state index in [1.54, 1.807) is 17.0 Å². The number of amides is 2. The number of likely N-dealkylation sites (tertiary alicyclic amines) is 1. The number of hydrogen-bond acceptors (Lipinski definition) is 4. The van der Waals surface area contributed by atoms with Crippen molar-refractivity contribution in [1.82, 2.24) is 4.90 Å². The molecule has 2 amide bonds. The van der Waals surface area contributed by atoms with E-state index in [2.05, 4.69) is 6.07 Å². The minimum absolute atomic E-state index is 0.0211. The predicted octanol–water partition coefficient (Wildman–Crippen LogP) is 1.76. The Balaban J connectivity index is 1.92. The predicted molar refractivity (Wildman–Crippen MR) is 85.0 cm³/mol. The molecule has 0 radical (unpaired) electrons. The molecule has 1 aliphatic rings. The second-order valence-corrected chi connectivity index (χ2v) is 6.55.